The molecule has 0 aliphatic carbocycles. The zero-order chi connectivity index (χ0) is 10.7. The molecule has 3 nitrogen and oxygen atoms in total. The average molecular weight is 205 g/mol. The highest BCUT2D eigenvalue weighted by Crippen LogP contribution is 2.27. The van der Waals surface area contributed by atoms with E-state index in [0.717, 1.165) is 0 Å². The van der Waals surface area contributed by atoms with Gasteiger partial charge in [0.05, 0.1) is 6.42 Å². The highest BCUT2D eigenvalue weighted by Gasteiger charge is 2.25. The van der Waals surface area contributed by atoms with Crippen LogP contribution in [-0.2, 0) is 4.79 Å². The number of hydrogen-bond donors (Lipinski definition) is 2. The fourth-order valence-electron chi connectivity index (χ4n) is 0.778. The van der Waals surface area contributed by atoms with Crippen LogP contribution in [0.25, 0.3) is 0 Å². The molecule has 0 rings (SSSR count). The number of nitrogens with two attached hydrogens (primary N) is 1. The SMILES string of the molecule is CC(N)(CSC(C)(C)C)CC(=O)O. The Morgan fingerprint density at radius 3 is 2.15 bits per heavy atom. The van der Waals surface area contributed by atoms with E-state index in [1.165, 1.54) is 0 Å². The van der Waals surface area contributed by atoms with Gasteiger partial charge in [-0.1, -0.05) is 20.8 Å². The van der Waals surface area contributed by atoms with Crippen molar-refractivity contribution < 1.29 is 9.90 Å². The summed E-state index contributed by atoms with van der Waals surface area (Å²) in [7, 11) is 0. The van der Waals surface area contributed by atoms with Crippen LogP contribution in [0.15, 0.2) is 0 Å². The zero-order valence-electron chi connectivity index (χ0n) is 8.76. The average Bonchev–Trinajstić information content (AvgIpc) is 1.79. The van der Waals surface area contributed by atoms with Crippen LogP contribution >= 0.6 is 11.8 Å². The molecule has 4 heteroatoms. The van der Waals surface area contributed by atoms with Crippen molar-refractivity contribution in [3.05, 3.63) is 0 Å². The number of rotatable bonds is 4. The molecule has 0 amide bonds. The van der Waals surface area contributed by atoms with Gasteiger partial charge in [0.25, 0.3) is 0 Å². The fourth-order valence-corrected chi connectivity index (χ4v) is 1.64. The predicted octanol–water partition coefficient (Wildman–Crippen LogP) is 1.71. The van der Waals surface area contributed by atoms with E-state index in [1.54, 1.807) is 18.7 Å². The number of hydrogen-bond acceptors (Lipinski definition) is 3. The molecule has 0 aliphatic rings. The second-order valence-corrected chi connectivity index (χ2v) is 6.43. The Bertz CT molecular complexity index is 185. The van der Waals surface area contributed by atoms with E-state index in [9.17, 15) is 4.79 Å². The van der Waals surface area contributed by atoms with Crippen LogP contribution in [0.1, 0.15) is 34.1 Å². The highest BCUT2D eigenvalue weighted by molar-refractivity contribution is 8.00. The van der Waals surface area contributed by atoms with Gasteiger partial charge < -0.3 is 10.8 Å². The van der Waals surface area contributed by atoms with Gasteiger partial charge >= 0.3 is 5.97 Å². The van der Waals surface area contributed by atoms with Crippen molar-refractivity contribution in [2.45, 2.75) is 44.4 Å². The van der Waals surface area contributed by atoms with E-state index in [1.807, 2.05) is 0 Å². The summed E-state index contributed by atoms with van der Waals surface area (Å²) in [5.74, 6) is -0.164. The summed E-state index contributed by atoms with van der Waals surface area (Å²) >= 11 is 1.69. The molecule has 0 aromatic heterocycles. The third kappa shape index (κ3) is 8.12. The summed E-state index contributed by atoms with van der Waals surface area (Å²) in [6.45, 7) is 8.05. The van der Waals surface area contributed by atoms with Crippen molar-refractivity contribution in [3.63, 3.8) is 0 Å². The lowest BCUT2D eigenvalue weighted by Gasteiger charge is -2.27. The van der Waals surface area contributed by atoms with Gasteiger partial charge in [0.2, 0.25) is 0 Å². The number of carboxylic acid groups (broad SMARTS) is 1. The normalized spacial score (nSPS) is 16.7. The minimum atomic E-state index is -0.834. The number of thioether (sulfide) groups is 1. The third-order valence-electron chi connectivity index (χ3n) is 1.39. The molecular formula is C9H19NO2S. The molecule has 0 saturated carbocycles. The van der Waals surface area contributed by atoms with Crippen LogP contribution in [0.4, 0.5) is 0 Å². The number of carbonyl (C=O) groups is 1. The van der Waals surface area contributed by atoms with Gasteiger partial charge in [0.15, 0.2) is 0 Å². The van der Waals surface area contributed by atoms with Crippen LogP contribution in [0.5, 0.6) is 0 Å². The Morgan fingerprint density at radius 2 is 1.85 bits per heavy atom. The largest absolute Gasteiger partial charge is 0.481 e. The lowest BCUT2D eigenvalue weighted by Crippen LogP contribution is -2.42. The maximum absolute atomic E-state index is 10.5. The number of aliphatic carboxylic acids is 1. The first-order chi connectivity index (χ1) is 5.62. The van der Waals surface area contributed by atoms with Gasteiger partial charge in [-0.15, -0.1) is 0 Å². The molecule has 13 heavy (non-hydrogen) atoms. The quantitative estimate of drug-likeness (QED) is 0.733. The first-order valence-corrected chi connectivity index (χ1v) is 5.26. The molecule has 78 valence electrons. The molecule has 0 heterocycles. The van der Waals surface area contributed by atoms with E-state index in [2.05, 4.69) is 20.8 Å². The van der Waals surface area contributed by atoms with E-state index in [-0.39, 0.29) is 11.2 Å². The second-order valence-electron chi connectivity index (χ2n) is 4.63. The van der Waals surface area contributed by atoms with E-state index in [4.69, 9.17) is 10.8 Å². The van der Waals surface area contributed by atoms with E-state index < -0.39 is 11.5 Å². The minimum absolute atomic E-state index is 0.0239. The van der Waals surface area contributed by atoms with Crippen LogP contribution < -0.4 is 5.73 Å². The molecule has 0 saturated heterocycles. The van der Waals surface area contributed by atoms with E-state index in [0.29, 0.717) is 5.75 Å². The van der Waals surface area contributed by atoms with Gasteiger partial charge in [-0.3, -0.25) is 4.79 Å². The molecule has 0 spiro atoms. The smallest absolute Gasteiger partial charge is 0.305 e. The fraction of sp³-hybridized carbons (Fsp3) is 0.889. The Labute approximate surface area is 84.1 Å². The molecule has 0 aromatic carbocycles. The maximum atomic E-state index is 10.5. The summed E-state index contributed by atoms with van der Waals surface area (Å²) in [6.07, 6.45) is 0.0239. The van der Waals surface area contributed by atoms with E-state index >= 15 is 0 Å². The topological polar surface area (TPSA) is 63.3 Å². The van der Waals surface area contributed by atoms with Crippen LogP contribution in [-0.4, -0.2) is 27.1 Å². The van der Waals surface area contributed by atoms with Gasteiger partial charge in [0, 0.05) is 16.0 Å². The van der Waals surface area contributed by atoms with Crippen molar-refractivity contribution in [2.24, 2.45) is 5.73 Å². The molecule has 0 fully saturated rings. The summed E-state index contributed by atoms with van der Waals surface area (Å²) in [6, 6.07) is 0. The molecule has 3 N–H and O–H groups in total. The molecule has 1 atom stereocenters. The molecule has 0 radical (unpaired) electrons. The monoisotopic (exact) mass is 205 g/mol. The van der Waals surface area contributed by atoms with Gasteiger partial charge in [0.1, 0.15) is 0 Å². The van der Waals surface area contributed by atoms with Crippen molar-refractivity contribution in [1.82, 2.24) is 0 Å². The summed E-state index contributed by atoms with van der Waals surface area (Å²) in [5.41, 5.74) is 5.22. The van der Waals surface area contributed by atoms with Crippen LogP contribution in [0, 0.1) is 0 Å². The predicted molar refractivity (Wildman–Crippen MR) is 57.1 cm³/mol. The Kier molecular flexibility index (Phi) is 4.26. The second kappa shape index (κ2) is 4.33. The standard InChI is InChI=1S/C9H19NO2S/c1-8(2,3)13-6-9(4,10)5-7(11)12/h5-6,10H2,1-4H3,(H,11,12). The Morgan fingerprint density at radius 1 is 1.38 bits per heavy atom. The Hall–Kier alpha value is -0.220. The Balaban J connectivity index is 3.96. The van der Waals surface area contributed by atoms with Crippen molar-refractivity contribution in [3.8, 4) is 0 Å². The van der Waals surface area contributed by atoms with Crippen LogP contribution in [0.3, 0.4) is 0 Å². The number of carboxylic acids is 1. The summed E-state index contributed by atoms with van der Waals surface area (Å²) < 4.78 is 0.138. The molecule has 0 bridgehead atoms. The van der Waals surface area contributed by atoms with Crippen LogP contribution in [0.2, 0.25) is 0 Å². The molecule has 0 aliphatic heterocycles. The summed E-state index contributed by atoms with van der Waals surface area (Å²) in [4.78, 5) is 10.5. The molecule has 1 unspecified atom stereocenters. The maximum Gasteiger partial charge on any atom is 0.305 e. The van der Waals surface area contributed by atoms with Gasteiger partial charge in [-0.2, -0.15) is 11.8 Å². The van der Waals surface area contributed by atoms with Gasteiger partial charge in [-0.05, 0) is 6.92 Å². The van der Waals surface area contributed by atoms with Crippen molar-refractivity contribution >= 4 is 17.7 Å². The lowest BCUT2D eigenvalue weighted by molar-refractivity contribution is -0.138. The first kappa shape index (κ1) is 12.8. The highest BCUT2D eigenvalue weighted by atomic mass is 32.2. The minimum Gasteiger partial charge on any atom is -0.481 e. The summed E-state index contributed by atoms with van der Waals surface area (Å²) in [5, 5.41) is 8.59. The zero-order valence-corrected chi connectivity index (χ0v) is 9.57. The molecule has 0 aromatic rings. The van der Waals surface area contributed by atoms with Gasteiger partial charge in [-0.25, -0.2) is 0 Å². The third-order valence-corrected chi connectivity index (χ3v) is 3.06. The van der Waals surface area contributed by atoms with Crippen molar-refractivity contribution in [1.29, 1.82) is 0 Å². The van der Waals surface area contributed by atoms with Crippen molar-refractivity contribution in [2.75, 3.05) is 5.75 Å². The lowest BCUT2D eigenvalue weighted by atomic mass is 10.0. The molecular weight excluding hydrogens is 186 g/mol. The first-order valence-electron chi connectivity index (χ1n) is 4.27.